The summed E-state index contributed by atoms with van der Waals surface area (Å²) in [6.07, 6.45) is 1.38. The van der Waals surface area contributed by atoms with Gasteiger partial charge in [0.25, 0.3) is 0 Å². The summed E-state index contributed by atoms with van der Waals surface area (Å²) in [6, 6.07) is 5.29. The molecule has 0 amide bonds. The van der Waals surface area contributed by atoms with Crippen molar-refractivity contribution in [2.75, 3.05) is 19.7 Å². The number of halogens is 3. The molecule has 1 heterocycles. The Balaban J connectivity index is 0.00000200. The summed E-state index contributed by atoms with van der Waals surface area (Å²) in [4.78, 5) is 12.4. The van der Waals surface area contributed by atoms with Crippen LogP contribution in [-0.4, -0.2) is 25.7 Å². The van der Waals surface area contributed by atoms with E-state index < -0.39 is 5.41 Å². The summed E-state index contributed by atoms with van der Waals surface area (Å²) in [5.41, 5.74) is 0.168. The number of esters is 1. The van der Waals surface area contributed by atoms with Crippen molar-refractivity contribution in [1.82, 2.24) is 5.32 Å². The van der Waals surface area contributed by atoms with Gasteiger partial charge in [-0.1, -0.05) is 29.3 Å². The highest BCUT2D eigenvalue weighted by Crippen LogP contribution is 2.39. The molecule has 0 bridgehead atoms. The second-order valence-electron chi connectivity index (χ2n) is 4.68. The Morgan fingerprint density at radius 3 is 2.55 bits per heavy atom. The van der Waals surface area contributed by atoms with Gasteiger partial charge in [0.15, 0.2) is 0 Å². The lowest BCUT2D eigenvalue weighted by Gasteiger charge is -2.36. The first-order valence-corrected chi connectivity index (χ1v) is 7.19. The normalized spacial score (nSPS) is 17.1. The summed E-state index contributed by atoms with van der Waals surface area (Å²) in [7, 11) is 0. The van der Waals surface area contributed by atoms with Crippen molar-refractivity contribution in [3.63, 3.8) is 0 Å². The molecule has 0 spiro atoms. The summed E-state index contributed by atoms with van der Waals surface area (Å²) in [5, 5.41) is 4.36. The van der Waals surface area contributed by atoms with Gasteiger partial charge in [0.2, 0.25) is 0 Å². The molecule has 1 aromatic rings. The molecule has 0 saturated carbocycles. The van der Waals surface area contributed by atoms with Gasteiger partial charge in [0.05, 0.1) is 12.0 Å². The van der Waals surface area contributed by atoms with Crippen molar-refractivity contribution >= 4 is 41.6 Å². The largest absolute Gasteiger partial charge is 0.465 e. The molecule has 0 unspecified atom stereocenters. The Hall–Kier alpha value is -0.480. The first-order chi connectivity index (χ1) is 9.10. The lowest BCUT2D eigenvalue weighted by molar-refractivity contribution is -0.151. The lowest BCUT2D eigenvalue weighted by Crippen LogP contribution is -2.46. The molecular formula is C14H18Cl3NO2. The average molecular weight is 339 g/mol. The zero-order valence-electron chi connectivity index (χ0n) is 11.2. The third kappa shape index (κ3) is 3.40. The SMILES string of the molecule is CCOC(=O)C1(c2ccc(Cl)cc2Cl)CCNCC1.Cl. The van der Waals surface area contributed by atoms with Gasteiger partial charge in [-0.25, -0.2) is 0 Å². The topological polar surface area (TPSA) is 38.3 Å². The maximum absolute atomic E-state index is 12.4. The highest BCUT2D eigenvalue weighted by atomic mass is 35.5. The minimum absolute atomic E-state index is 0. The molecular weight excluding hydrogens is 321 g/mol. The Morgan fingerprint density at radius 1 is 1.35 bits per heavy atom. The Bertz CT molecular complexity index is 473. The predicted molar refractivity (Wildman–Crippen MR) is 84.1 cm³/mol. The zero-order chi connectivity index (χ0) is 13.9. The average Bonchev–Trinajstić information content (AvgIpc) is 2.39. The third-order valence-electron chi connectivity index (χ3n) is 3.57. The molecule has 1 saturated heterocycles. The van der Waals surface area contributed by atoms with Crippen LogP contribution in [0.4, 0.5) is 0 Å². The molecule has 20 heavy (non-hydrogen) atoms. The van der Waals surface area contributed by atoms with Crippen molar-refractivity contribution in [3.8, 4) is 0 Å². The van der Waals surface area contributed by atoms with E-state index in [0.717, 1.165) is 18.7 Å². The number of hydrogen-bond acceptors (Lipinski definition) is 3. The number of hydrogen-bond donors (Lipinski definition) is 1. The van der Waals surface area contributed by atoms with Crippen molar-refractivity contribution in [3.05, 3.63) is 33.8 Å². The molecule has 1 aliphatic rings. The minimum Gasteiger partial charge on any atom is -0.465 e. The molecule has 0 aliphatic carbocycles. The first-order valence-electron chi connectivity index (χ1n) is 6.43. The molecule has 112 valence electrons. The van der Waals surface area contributed by atoms with Gasteiger partial charge in [0, 0.05) is 10.0 Å². The highest BCUT2D eigenvalue weighted by molar-refractivity contribution is 6.35. The van der Waals surface area contributed by atoms with E-state index in [1.165, 1.54) is 0 Å². The van der Waals surface area contributed by atoms with E-state index in [4.69, 9.17) is 27.9 Å². The first kappa shape index (κ1) is 17.6. The highest BCUT2D eigenvalue weighted by Gasteiger charge is 2.43. The summed E-state index contributed by atoms with van der Waals surface area (Å²) in [5.74, 6) is -0.194. The minimum atomic E-state index is -0.650. The Labute approximate surface area is 135 Å². The van der Waals surface area contributed by atoms with E-state index in [9.17, 15) is 4.79 Å². The smallest absolute Gasteiger partial charge is 0.316 e. The van der Waals surface area contributed by atoms with Crippen LogP contribution >= 0.6 is 35.6 Å². The maximum atomic E-state index is 12.4. The van der Waals surface area contributed by atoms with Crippen LogP contribution in [0.1, 0.15) is 25.3 Å². The summed E-state index contributed by atoms with van der Waals surface area (Å²) >= 11 is 12.2. The van der Waals surface area contributed by atoms with E-state index in [2.05, 4.69) is 5.32 Å². The second-order valence-corrected chi connectivity index (χ2v) is 5.52. The van der Waals surface area contributed by atoms with Crippen LogP contribution in [-0.2, 0) is 14.9 Å². The van der Waals surface area contributed by atoms with Crippen molar-refractivity contribution in [2.24, 2.45) is 0 Å². The van der Waals surface area contributed by atoms with Crippen LogP contribution < -0.4 is 5.32 Å². The van der Waals surface area contributed by atoms with E-state index >= 15 is 0 Å². The van der Waals surface area contributed by atoms with E-state index in [1.807, 2.05) is 13.0 Å². The quantitative estimate of drug-likeness (QED) is 0.856. The number of benzene rings is 1. The maximum Gasteiger partial charge on any atom is 0.316 e. The van der Waals surface area contributed by atoms with Crippen LogP contribution in [0.3, 0.4) is 0 Å². The van der Waals surface area contributed by atoms with Crippen LogP contribution in [0.5, 0.6) is 0 Å². The van der Waals surface area contributed by atoms with E-state index in [1.54, 1.807) is 12.1 Å². The van der Waals surface area contributed by atoms with Crippen molar-refractivity contribution in [2.45, 2.75) is 25.2 Å². The fourth-order valence-corrected chi connectivity index (χ4v) is 3.17. The zero-order valence-corrected chi connectivity index (χ0v) is 13.6. The summed E-state index contributed by atoms with van der Waals surface area (Å²) in [6.45, 7) is 3.74. The molecule has 1 aromatic carbocycles. The van der Waals surface area contributed by atoms with Gasteiger partial charge in [-0.3, -0.25) is 4.79 Å². The Kier molecular flexibility index (Phi) is 6.59. The number of nitrogens with one attached hydrogen (secondary N) is 1. The number of ether oxygens (including phenoxy) is 1. The Morgan fingerprint density at radius 2 is 2.00 bits per heavy atom. The molecule has 0 aromatic heterocycles. The van der Waals surface area contributed by atoms with E-state index in [-0.39, 0.29) is 18.4 Å². The molecule has 0 radical (unpaired) electrons. The number of piperidine rings is 1. The van der Waals surface area contributed by atoms with E-state index in [0.29, 0.717) is 29.5 Å². The van der Waals surface area contributed by atoms with Crippen LogP contribution in [0.25, 0.3) is 0 Å². The number of carbonyl (C=O) groups excluding carboxylic acids is 1. The van der Waals surface area contributed by atoms with Gasteiger partial charge < -0.3 is 10.1 Å². The fraction of sp³-hybridized carbons (Fsp3) is 0.500. The van der Waals surface area contributed by atoms with Crippen LogP contribution in [0, 0.1) is 0 Å². The summed E-state index contributed by atoms with van der Waals surface area (Å²) < 4.78 is 5.27. The monoisotopic (exact) mass is 337 g/mol. The van der Waals surface area contributed by atoms with Crippen LogP contribution in [0.2, 0.25) is 10.0 Å². The van der Waals surface area contributed by atoms with Gasteiger partial charge in [-0.15, -0.1) is 12.4 Å². The molecule has 3 nitrogen and oxygen atoms in total. The molecule has 0 atom stereocenters. The molecule has 1 fully saturated rings. The fourth-order valence-electron chi connectivity index (χ4n) is 2.58. The lowest BCUT2D eigenvalue weighted by atomic mass is 9.73. The predicted octanol–water partition coefficient (Wildman–Crippen LogP) is 3.60. The molecule has 1 N–H and O–H groups in total. The molecule has 2 rings (SSSR count). The van der Waals surface area contributed by atoms with Gasteiger partial charge in [0.1, 0.15) is 0 Å². The second kappa shape index (κ2) is 7.51. The molecule has 1 aliphatic heterocycles. The van der Waals surface area contributed by atoms with Crippen molar-refractivity contribution in [1.29, 1.82) is 0 Å². The standard InChI is InChI=1S/C14H17Cl2NO2.ClH/c1-2-19-13(18)14(5-7-17-8-6-14)11-4-3-10(15)9-12(11)16;/h3-4,9,17H,2,5-8H2,1H3;1H. The van der Waals surface area contributed by atoms with Gasteiger partial charge in [-0.2, -0.15) is 0 Å². The number of rotatable bonds is 3. The number of carbonyl (C=O) groups is 1. The van der Waals surface area contributed by atoms with Crippen molar-refractivity contribution < 1.29 is 9.53 Å². The third-order valence-corrected chi connectivity index (χ3v) is 4.12. The van der Waals surface area contributed by atoms with Crippen LogP contribution in [0.15, 0.2) is 18.2 Å². The molecule has 6 heteroatoms. The van der Waals surface area contributed by atoms with Gasteiger partial charge in [-0.05, 0) is 50.6 Å². The van der Waals surface area contributed by atoms with Gasteiger partial charge >= 0.3 is 5.97 Å².